The Morgan fingerprint density at radius 3 is 1.59 bits per heavy atom. The van der Waals surface area contributed by atoms with E-state index in [4.69, 9.17) is 15.0 Å². The van der Waals surface area contributed by atoms with Gasteiger partial charge in [0.05, 0.1) is 27.8 Å². The summed E-state index contributed by atoms with van der Waals surface area (Å²) in [4.78, 5) is 15.8. The molecule has 0 radical (unpaired) electrons. The lowest BCUT2D eigenvalue weighted by molar-refractivity contribution is 1.07. The Morgan fingerprint density at radius 2 is 0.794 bits per heavy atom. The molecule has 0 aliphatic carbocycles. The molecule has 5 nitrogen and oxygen atoms in total. The molecule has 0 fully saturated rings. The van der Waals surface area contributed by atoms with Gasteiger partial charge >= 0.3 is 0 Å². The summed E-state index contributed by atoms with van der Waals surface area (Å²) >= 11 is 0. The van der Waals surface area contributed by atoms with Gasteiger partial charge in [-0.2, -0.15) is 0 Å². The highest BCUT2D eigenvalue weighted by atomic mass is 15.0. The summed E-state index contributed by atoms with van der Waals surface area (Å²) in [6, 6.07) is 84.7. The monoisotopic (exact) mass is 865 g/mol. The van der Waals surface area contributed by atoms with E-state index in [1.807, 2.05) is 6.07 Å². The van der Waals surface area contributed by atoms with Crippen LogP contribution in [0.2, 0.25) is 0 Å². The third-order valence-corrected chi connectivity index (χ3v) is 13.7. The molecule has 0 amide bonds. The van der Waals surface area contributed by atoms with Crippen molar-refractivity contribution in [3.8, 4) is 56.7 Å². The Bertz CT molecular complexity index is 4330. The topological polar surface area (TPSA) is 48.5 Å². The molecule has 14 rings (SSSR count). The Labute approximate surface area is 391 Å². The van der Waals surface area contributed by atoms with E-state index >= 15 is 0 Å². The molecule has 0 unspecified atom stereocenters. The lowest BCUT2D eigenvalue weighted by Crippen LogP contribution is -2.02. The summed E-state index contributed by atoms with van der Waals surface area (Å²) < 4.78 is 4.94. The van der Waals surface area contributed by atoms with Gasteiger partial charge in [0, 0.05) is 49.3 Å². The van der Waals surface area contributed by atoms with E-state index in [-0.39, 0.29) is 0 Å². The van der Waals surface area contributed by atoms with Gasteiger partial charge in [-0.3, -0.25) is 0 Å². The van der Waals surface area contributed by atoms with Gasteiger partial charge < -0.3 is 9.13 Å². The highest BCUT2D eigenvalue weighted by Gasteiger charge is 2.23. The second-order valence-corrected chi connectivity index (χ2v) is 17.6. The summed E-state index contributed by atoms with van der Waals surface area (Å²) in [6.45, 7) is 0. The molecule has 0 aliphatic rings. The van der Waals surface area contributed by atoms with E-state index < -0.39 is 0 Å². The quantitative estimate of drug-likeness (QED) is 0.167. The predicted molar refractivity (Wildman–Crippen MR) is 283 cm³/mol. The van der Waals surface area contributed by atoms with Crippen LogP contribution in [0.25, 0.3) is 133 Å². The lowest BCUT2D eigenvalue weighted by atomic mass is 10.0. The first kappa shape index (κ1) is 38.1. The number of aromatic nitrogens is 5. The Balaban J connectivity index is 1.02. The van der Waals surface area contributed by atoms with Crippen LogP contribution in [0.5, 0.6) is 0 Å². The van der Waals surface area contributed by atoms with Crippen LogP contribution in [-0.4, -0.2) is 24.1 Å². The van der Waals surface area contributed by atoms with Gasteiger partial charge in [0.2, 0.25) is 0 Å². The number of hydrogen-bond acceptors (Lipinski definition) is 3. The molecule has 11 aromatic carbocycles. The fraction of sp³-hybridized carbons (Fsp3) is 0. The minimum absolute atomic E-state index is 0.606. The SMILES string of the molecule is c1ccc(-c2cccc(-c3nc(-c4cccc(-n5c6ccccc6c6c(-n7c8ccccc8c8cc9ccccc9cc87)c7ccccc7cc65)c4)nc(-c4cccc5ccccc45)n3)c2)cc1. The van der Waals surface area contributed by atoms with Crippen molar-refractivity contribution in [3.05, 3.63) is 237 Å². The van der Waals surface area contributed by atoms with Crippen molar-refractivity contribution >= 4 is 75.9 Å². The zero-order valence-corrected chi connectivity index (χ0v) is 36.8. The first-order valence-electron chi connectivity index (χ1n) is 23.1. The van der Waals surface area contributed by atoms with Gasteiger partial charge in [0.1, 0.15) is 0 Å². The highest BCUT2D eigenvalue weighted by molar-refractivity contribution is 6.23. The van der Waals surface area contributed by atoms with Crippen molar-refractivity contribution in [1.82, 2.24) is 24.1 Å². The third kappa shape index (κ3) is 5.99. The van der Waals surface area contributed by atoms with E-state index in [1.165, 1.54) is 59.8 Å². The second-order valence-electron chi connectivity index (χ2n) is 17.6. The maximum absolute atomic E-state index is 5.31. The minimum atomic E-state index is 0.606. The second kappa shape index (κ2) is 15.2. The molecule has 3 heterocycles. The van der Waals surface area contributed by atoms with Crippen LogP contribution in [0.3, 0.4) is 0 Å². The largest absolute Gasteiger partial charge is 0.309 e. The molecule has 0 atom stereocenters. The molecule has 0 spiro atoms. The first-order chi connectivity index (χ1) is 33.7. The number of nitrogens with zero attached hydrogens (tertiary/aromatic N) is 5. The van der Waals surface area contributed by atoms with E-state index in [2.05, 4.69) is 240 Å². The lowest BCUT2D eigenvalue weighted by Gasteiger charge is -2.16. The van der Waals surface area contributed by atoms with E-state index in [0.29, 0.717) is 17.5 Å². The van der Waals surface area contributed by atoms with Gasteiger partial charge in [0.25, 0.3) is 0 Å². The van der Waals surface area contributed by atoms with Crippen molar-refractivity contribution in [1.29, 1.82) is 0 Å². The molecule has 0 N–H and O–H groups in total. The number of fused-ring (bicyclic) bond motifs is 9. The van der Waals surface area contributed by atoms with E-state index in [1.54, 1.807) is 0 Å². The predicted octanol–water partition coefficient (Wildman–Crippen LogP) is 16.2. The zero-order chi connectivity index (χ0) is 44.7. The molecule has 68 heavy (non-hydrogen) atoms. The van der Waals surface area contributed by atoms with Gasteiger partial charge in [0.15, 0.2) is 17.5 Å². The average Bonchev–Trinajstić information content (AvgIpc) is 3.91. The van der Waals surface area contributed by atoms with Gasteiger partial charge in [-0.1, -0.05) is 188 Å². The minimum Gasteiger partial charge on any atom is -0.309 e. The maximum atomic E-state index is 5.31. The van der Waals surface area contributed by atoms with E-state index in [0.717, 1.165) is 55.3 Å². The Hall–Kier alpha value is -9.19. The number of benzene rings is 11. The van der Waals surface area contributed by atoms with Crippen molar-refractivity contribution in [3.63, 3.8) is 0 Å². The third-order valence-electron chi connectivity index (χ3n) is 13.7. The summed E-state index contributed by atoms with van der Waals surface area (Å²) in [5, 5.41) is 11.9. The van der Waals surface area contributed by atoms with Crippen molar-refractivity contribution < 1.29 is 0 Å². The molecule has 5 heteroatoms. The first-order valence-corrected chi connectivity index (χ1v) is 23.1. The summed E-state index contributed by atoms with van der Waals surface area (Å²) in [5.74, 6) is 1.85. The molecule has 0 aliphatic heterocycles. The van der Waals surface area contributed by atoms with Crippen LogP contribution >= 0.6 is 0 Å². The molecular formula is C63H39N5. The summed E-state index contributed by atoms with van der Waals surface area (Å²) in [7, 11) is 0. The van der Waals surface area contributed by atoms with Crippen molar-refractivity contribution in [2.45, 2.75) is 0 Å². The maximum Gasteiger partial charge on any atom is 0.164 e. The van der Waals surface area contributed by atoms with Gasteiger partial charge in [-0.15, -0.1) is 0 Å². The number of para-hydroxylation sites is 2. The normalized spacial score (nSPS) is 11.8. The van der Waals surface area contributed by atoms with Crippen LogP contribution in [0.1, 0.15) is 0 Å². The molecular weight excluding hydrogens is 827 g/mol. The van der Waals surface area contributed by atoms with Gasteiger partial charge in [-0.25, -0.2) is 15.0 Å². The standard InChI is InChI=1S/C63H39N5/c1-2-17-40(18-3-1)42-24-14-25-46(35-42)61-64-62(66-63(65-61)52-32-16-23-41-19-6-8-28-49(41)52)47-26-15-27-48(36-47)67-56-34-13-11-31-53(56)59-58(67)39-45-22-7-9-29-50(45)60(59)68-55-33-12-10-30-51(55)54-37-43-20-4-5-21-44(43)38-57(54)68/h1-39H. The van der Waals surface area contributed by atoms with Crippen molar-refractivity contribution in [2.24, 2.45) is 0 Å². The van der Waals surface area contributed by atoms with Crippen LogP contribution in [0, 0.1) is 0 Å². The van der Waals surface area contributed by atoms with E-state index in [9.17, 15) is 0 Å². The highest BCUT2D eigenvalue weighted by Crippen LogP contribution is 2.44. The Morgan fingerprint density at radius 1 is 0.265 bits per heavy atom. The van der Waals surface area contributed by atoms with Crippen LogP contribution in [0.15, 0.2) is 237 Å². The zero-order valence-electron chi connectivity index (χ0n) is 36.8. The molecule has 3 aromatic heterocycles. The smallest absolute Gasteiger partial charge is 0.164 e. The molecule has 14 aromatic rings. The number of hydrogen-bond donors (Lipinski definition) is 0. The molecule has 0 bridgehead atoms. The van der Waals surface area contributed by atoms with Crippen LogP contribution in [0.4, 0.5) is 0 Å². The van der Waals surface area contributed by atoms with Crippen LogP contribution < -0.4 is 0 Å². The average molecular weight is 866 g/mol. The molecule has 316 valence electrons. The Kier molecular flexibility index (Phi) is 8.52. The summed E-state index contributed by atoms with van der Waals surface area (Å²) in [5.41, 5.74) is 11.8. The fourth-order valence-corrected chi connectivity index (χ4v) is 10.6. The van der Waals surface area contributed by atoms with Gasteiger partial charge in [-0.05, 0) is 86.6 Å². The van der Waals surface area contributed by atoms with Crippen molar-refractivity contribution in [2.75, 3.05) is 0 Å². The van der Waals surface area contributed by atoms with Crippen LogP contribution in [-0.2, 0) is 0 Å². The molecule has 0 saturated heterocycles. The number of rotatable bonds is 6. The molecule has 0 saturated carbocycles. The fourth-order valence-electron chi connectivity index (χ4n) is 10.6. The summed E-state index contributed by atoms with van der Waals surface area (Å²) in [6.07, 6.45) is 0.